The first-order valence-corrected chi connectivity index (χ1v) is 9.86. The summed E-state index contributed by atoms with van der Waals surface area (Å²) in [7, 11) is 0. The number of aliphatic carboxylic acids is 1. The summed E-state index contributed by atoms with van der Waals surface area (Å²) in [6.45, 7) is 2.88. The molecule has 4 rings (SSSR count). The molecule has 2 aromatic heterocycles. The van der Waals surface area contributed by atoms with Gasteiger partial charge in [-0.15, -0.1) is 11.3 Å². The normalized spacial score (nSPS) is 17.1. The predicted molar refractivity (Wildman–Crippen MR) is 97.5 cm³/mol. The number of rotatable bonds is 5. The largest absolute Gasteiger partial charge is 0.478 e. The molecule has 0 radical (unpaired) electrons. The van der Waals surface area contributed by atoms with Crippen LogP contribution in [0.4, 0.5) is 0 Å². The second-order valence-electron chi connectivity index (χ2n) is 6.82. The van der Waals surface area contributed by atoms with E-state index in [4.69, 9.17) is 9.26 Å². The summed E-state index contributed by atoms with van der Waals surface area (Å²) in [5.74, 6) is -0.142. The van der Waals surface area contributed by atoms with E-state index in [0.29, 0.717) is 43.3 Å². The molecule has 1 aliphatic heterocycles. The molecule has 142 valence electrons. The number of ketones is 1. The lowest BCUT2D eigenvalue weighted by molar-refractivity contribution is -0.133. The molecule has 0 spiro atoms. The van der Waals surface area contributed by atoms with Crippen molar-refractivity contribution >= 4 is 23.1 Å². The van der Waals surface area contributed by atoms with Crippen molar-refractivity contribution in [2.24, 2.45) is 0 Å². The number of fused-ring (bicyclic) bond motifs is 1. The van der Waals surface area contributed by atoms with E-state index in [1.54, 1.807) is 6.92 Å². The number of allylic oxidation sites excluding steroid dienone is 1. The minimum absolute atomic E-state index is 0.121. The van der Waals surface area contributed by atoms with Gasteiger partial charge in [0, 0.05) is 27.3 Å². The van der Waals surface area contributed by atoms with Gasteiger partial charge in [0.1, 0.15) is 0 Å². The Morgan fingerprint density at radius 3 is 2.67 bits per heavy atom. The van der Waals surface area contributed by atoms with Gasteiger partial charge in [0.05, 0.1) is 18.8 Å². The van der Waals surface area contributed by atoms with E-state index in [1.807, 2.05) is 0 Å². The molecule has 0 bridgehead atoms. The molecule has 7 nitrogen and oxygen atoms in total. The van der Waals surface area contributed by atoms with Gasteiger partial charge < -0.3 is 14.4 Å². The number of hydrogen-bond donors (Lipinski definition) is 1. The summed E-state index contributed by atoms with van der Waals surface area (Å²) in [5, 5.41) is 13.3. The first kappa shape index (κ1) is 18.1. The number of ether oxygens (including phenoxy) is 1. The Morgan fingerprint density at radius 2 is 1.96 bits per heavy atom. The van der Waals surface area contributed by atoms with Gasteiger partial charge in [0.2, 0.25) is 0 Å². The second-order valence-corrected chi connectivity index (χ2v) is 8.01. The average Bonchev–Trinajstić information content (AvgIpc) is 3.24. The fourth-order valence-corrected chi connectivity index (χ4v) is 5.05. The third-order valence-electron chi connectivity index (χ3n) is 5.02. The zero-order valence-corrected chi connectivity index (χ0v) is 15.9. The SMILES string of the molecule is Cc1noc(-c2c(CC(=O)C3=C(C(=O)O)CCCC3)sc3c2CCOC3)n1. The van der Waals surface area contributed by atoms with Crippen LogP contribution >= 0.6 is 11.3 Å². The van der Waals surface area contributed by atoms with Crippen molar-refractivity contribution in [2.75, 3.05) is 6.61 Å². The van der Waals surface area contributed by atoms with E-state index in [2.05, 4.69) is 10.1 Å². The van der Waals surface area contributed by atoms with Crippen LogP contribution in [0.3, 0.4) is 0 Å². The molecule has 0 atom stereocenters. The van der Waals surface area contributed by atoms with Gasteiger partial charge in [0.15, 0.2) is 11.6 Å². The topological polar surface area (TPSA) is 103 Å². The highest BCUT2D eigenvalue weighted by Gasteiger charge is 2.29. The lowest BCUT2D eigenvalue weighted by Crippen LogP contribution is -2.17. The summed E-state index contributed by atoms with van der Waals surface area (Å²) < 4.78 is 10.9. The number of aromatic nitrogens is 2. The number of aryl methyl sites for hydroxylation is 1. The molecule has 8 heteroatoms. The molecule has 3 heterocycles. The quantitative estimate of drug-likeness (QED) is 0.839. The fourth-order valence-electron chi connectivity index (χ4n) is 3.76. The van der Waals surface area contributed by atoms with E-state index >= 15 is 0 Å². The van der Waals surface area contributed by atoms with E-state index in [9.17, 15) is 14.7 Å². The van der Waals surface area contributed by atoms with Crippen LogP contribution < -0.4 is 0 Å². The predicted octanol–water partition coefficient (Wildman–Crippen LogP) is 3.25. The van der Waals surface area contributed by atoms with Crippen LogP contribution in [0.25, 0.3) is 11.5 Å². The average molecular weight is 388 g/mol. The Bertz CT molecular complexity index is 940. The number of Topliss-reactive ketones (excluding diaryl/α,β-unsaturated/α-hetero) is 1. The van der Waals surface area contributed by atoms with Crippen molar-refractivity contribution in [3.05, 3.63) is 32.3 Å². The van der Waals surface area contributed by atoms with E-state index < -0.39 is 5.97 Å². The lowest BCUT2D eigenvalue weighted by atomic mass is 9.87. The van der Waals surface area contributed by atoms with Gasteiger partial charge in [-0.1, -0.05) is 5.16 Å². The van der Waals surface area contributed by atoms with Crippen molar-refractivity contribution in [1.29, 1.82) is 0 Å². The third-order valence-corrected chi connectivity index (χ3v) is 6.22. The summed E-state index contributed by atoms with van der Waals surface area (Å²) in [5.41, 5.74) is 2.67. The van der Waals surface area contributed by atoms with Gasteiger partial charge in [-0.3, -0.25) is 4.79 Å². The molecular formula is C19H20N2O5S. The molecule has 0 amide bonds. The van der Waals surface area contributed by atoms with Gasteiger partial charge in [-0.05, 0) is 44.6 Å². The summed E-state index contributed by atoms with van der Waals surface area (Å²) in [6.07, 6.45) is 3.54. The van der Waals surface area contributed by atoms with E-state index in [-0.39, 0.29) is 17.8 Å². The van der Waals surface area contributed by atoms with Crippen molar-refractivity contribution in [1.82, 2.24) is 10.1 Å². The number of carbonyl (C=O) groups is 2. The Kier molecular flexibility index (Phi) is 4.92. The van der Waals surface area contributed by atoms with Crippen LogP contribution in [-0.4, -0.2) is 33.6 Å². The van der Waals surface area contributed by atoms with Crippen molar-refractivity contribution in [3.8, 4) is 11.5 Å². The molecule has 27 heavy (non-hydrogen) atoms. The number of thiophene rings is 1. The maximum atomic E-state index is 13.0. The first-order valence-electron chi connectivity index (χ1n) is 9.05. The maximum absolute atomic E-state index is 13.0. The molecule has 0 saturated carbocycles. The number of carboxylic acids is 1. The minimum atomic E-state index is -0.982. The van der Waals surface area contributed by atoms with Gasteiger partial charge in [0.25, 0.3) is 5.89 Å². The van der Waals surface area contributed by atoms with Crippen molar-refractivity contribution in [3.63, 3.8) is 0 Å². The summed E-state index contributed by atoms with van der Waals surface area (Å²) in [6, 6.07) is 0. The molecule has 0 unspecified atom stereocenters. The second kappa shape index (κ2) is 7.36. The minimum Gasteiger partial charge on any atom is -0.478 e. The molecule has 2 aliphatic rings. The van der Waals surface area contributed by atoms with Crippen LogP contribution in [0.2, 0.25) is 0 Å². The maximum Gasteiger partial charge on any atom is 0.331 e. The number of carbonyl (C=O) groups excluding carboxylic acids is 1. The standard InChI is InChI=1S/C19H20N2O5S/c1-10-20-18(26-21-10)17-13-6-7-25-9-16(13)27-15(17)8-14(22)11-4-2-3-5-12(11)19(23)24/h2-9H2,1H3,(H,23,24). The number of nitrogens with zero attached hydrogens (tertiary/aromatic N) is 2. The monoisotopic (exact) mass is 388 g/mol. The highest BCUT2D eigenvalue weighted by atomic mass is 32.1. The summed E-state index contributed by atoms with van der Waals surface area (Å²) in [4.78, 5) is 30.8. The Labute approximate surface area is 160 Å². The molecule has 0 saturated heterocycles. The van der Waals surface area contributed by atoms with Crippen LogP contribution in [-0.2, 0) is 33.8 Å². The lowest BCUT2D eigenvalue weighted by Gasteiger charge is -2.16. The number of hydrogen-bond acceptors (Lipinski definition) is 7. The molecule has 2 aromatic rings. The van der Waals surface area contributed by atoms with Gasteiger partial charge >= 0.3 is 5.97 Å². The van der Waals surface area contributed by atoms with Crippen LogP contribution in [0, 0.1) is 6.92 Å². The Balaban J connectivity index is 1.73. The van der Waals surface area contributed by atoms with Crippen molar-refractivity contribution < 1.29 is 24.0 Å². The number of carboxylic acid groups (broad SMARTS) is 1. The molecule has 1 aliphatic carbocycles. The molecule has 0 aromatic carbocycles. The zero-order chi connectivity index (χ0) is 19.0. The van der Waals surface area contributed by atoms with Crippen molar-refractivity contribution in [2.45, 2.75) is 52.1 Å². The van der Waals surface area contributed by atoms with E-state index in [0.717, 1.165) is 40.1 Å². The fraction of sp³-hybridized carbons (Fsp3) is 0.474. The molecular weight excluding hydrogens is 368 g/mol. The summed E-state index contributed by atoms with van der Waals surface area (Å²) >= 11 is 1.52. The Hall–Kier alpha value is -2.32. The van der Waals surface area contributed by atoms with Crippen LogP contribution in [0.15, 0.2) is 15.7 Å². The third kappa shape index (κ3) is 3.46. The highest BCUT2D eigenvalue weighted by Crippen LogP contribution is 2.40. The zero-order valence-electron chi connectivity index (χ0n) is 15.0. The molecule has 0 fully saturated rings. The first-order chi connectivity index (χ1) is 13.0. The van der Waals surface area contributed by atoms with Crippen LogP contribution in [0.1, 0.15) is 46.8 Å². The van der Waals surface area contributed by atoms with E-state index in [1.165, 1.54) is 11.3 Å². The van der Waals surface area contributed by atoms with Gasteiger partial charge in [-0.2, -0.15) is 4.98 Å². The van der Waals surface area contributed by atoms with Gasteiger partial charge in [-0.25, -0.2) is 4.79 Å². The smallest absolute Gasteiger partial charge is 0.331 e. The molecule has 1 N–H and O–H groups in total. The highest BCUT2D eigenvalue weighted by molar-refractivity contribution is 7.12. The van der Waals surface area contributed by atoms with Crippen LogP contribution in [0.5, 0.6) is 0 Å². The Morgan fingerprint density at radius 1 is 1.19 bits per heavy atom.